The topological polar surface area (TPSA) is 12.9 Å². The fourth-order valence-electron chi connectivity index (χ4n) is 0.855. The van der Waals surface area contributed by atoms with Gasteiger partial charge in [-0.25, -0.2) is 0 Å². The highest BCUT2D eigenvalue weighted by molar-refractivity contribution is 5.76. The van der Waals surface area contributed by atoms with Crippen LogP contribution in [0, 0.1) is 6.07 Å². The number of nitrogens with zero attached hydrogens (tertiary/aromatic N) is 1. The maximum absolute atomic E-state index is 4.21. The van der Waals surface area contributed by atoms with Crippen molar-refractivity contribution >= 4 is 0 Å². The highest BCUT2D eigenvalue weighted by atomic mass is 14.8. The molecule has 0 saturated carbocycles. The van der Waals surface area contributed by atoms with Gasteiger partial charge in [0.15, 0.2) is 0 Å². The molecule has 0 aromatic heterocycles. The molecule has 1 heteroatoms. The van der Waals surface area contributed by atoms with Crippen molar-refractivity contribution in [1.29, 1.82) is 0 Å². The van der Waals surface area contributed by atoms with Gasteiger partial charge in [0.2, 0.25) is 0 Å². The van der Waals surface area contributed by atoms with Crippen molar-refractivity contribution in [3.63, 3.8) is 0 Å². The molecule has 1 aliphatic carbocycles. The Morgan fingerprint density at radius 2 is 2.67 bits per heavy atom. The molecule has 9 heavy (non-hydrogen) atoms. The van der Waals surface area contributed by atoms with E-state index in [1.165, 1.54) is 5.56 Å². The number of rotatable bonds is 2. The molecule has 2 aliphatic rings. The van der Waals surface area contributed by atoms with Crippen LogP contribution in [0.4, 0.5) is 0 Å². The highest BCUT2D eigenvalue weighted by Crippen LogP contribution is 2.31. The smallest absolute Gasteiger partial charge is 0.0720 e. The predicted molar refractivity (Wildman–Crippen MR) is 36.0 cm³/mol. The first-order valence-electron chi connectivity index (χ1n) is 2.94. The Bertz CT molecular complexity index is 243. The molecule has 0 bridgehead atoms. The quantitative estimate of drug-likeness (QED) is 0.543. The number of hydrogen-bond acceptors (Lipinski definition) is 1. The molecule has 0 aromatic rings. The Balaban J connectivity index is 2.27. The van der Waals surface area contributed by atoms with E-state index >= 15 is 0 Å². The average Bonchev–Trinajstić information content (AvgIpc) is 2.42. The van der Waals surface area contributed by atoms with Crippen molar-refractivity contribution in [2.24, 2.45) is 0 Å². The summed E-state index contributed by atoms with van der Waals surface area (Å²) in [6.45, 7) is 3.61. The summed E-state index contributed by atoms with van der Waals surface area (Å²) in [5.74, 6) is 0. The summed E-state index contributed by atoms with van der Waals surface area (Å²) in [5, 5.41) is 0. The van der Waals surface area contributed by atoms with Gasteiger partial charge >= 0.3 is 0 Å². The molecule has 0 unspecified atom stereocenters. The van der Waals surface area contributed by atoms with Crippen LogP contribution in [0.1, 0.15) is 5.69 Å². The summed E-state index contributed by atoms with van der Waals surface area (Å²) in [6, 6.07) is 5.15. The summed E-state index contributed by atoms with van der Waals surface area (Å²) in [6.07, 6.45) is 2.69. The highest BCUT2D eigenvalue weighted by Gasteiger charge is 2.15. The maximum atomic E-state index is 4.21. The Hall–Kier alpha value is -1.11. The number of pyridine rings is 1. The molecule has 43 valence electrons. The van der Waals surface area contributed by atoms with Crippen molar-refractivity contribution in [2.45, 2.75) is 6.42 Å². The first-order valence-corrected chi connectivity index (χ1v) is 2.94. The summed E-state index contributed by atoms with van der Waals surface area (Å²) in [5.41, 5.74) is 3.33. The van der Waals surface area contributed by atoms with Crippen LogP contribution in [0.2, 0.25) is 0 Å². The summed E-state index contributed by atoms with van der Waals surface area (Å²) >= 11 is 0. The molecule has 1 aliphatic heterocycles. The van der Waals surface area contributed by atoms with Gasteiger partial charge in [-0.1, -0.05) is 6.08 Å². The average molecular weight is 116 g/mol. The van der Waals surface area contributed by atoms with Crippen molar-refractivity contribution in [2.75, 3.05) is 0 Å². The van der Waals surface area contributed by atoms with Gasteiger partial charge in [-0.2, -0.15) is 0 Å². The lowest BCUT2D eigenvalue weighted by molar-refractivity contribution is 1.16. The van der Waals surface area contributed by atoms with Crippen LogP contribution in [-0.4, -0.2) is 4.98 Å². The SMILES string of the molecule is C=CCc1[c]c2cc-2n1. The summed E-state index contributed by atoms with van der Waals surface area (Å²) in [7, 11) is 0. The predicted octanol–water partition coefficient (Wildman–Crippen LogP) is 1.59. The van der Waals surface area contributed by atoms with E-state index < -0.39 is 0 Å². The van der Waals surface area contributed by atoms with Gasteiger partial charge in [-0.3, -0.25) is 4.98 Å². The molecule has 0 amide bonds. The van der Waals surface area contributed by atoms with Crippen LogP contribution < -0.4 is 0 Å². The summed E-state index contributed by atoms with van der Waals surface area (Å²) < 4.78 is 0. The molecule has 0 saturated heterocycles. The molecule has 2 rings (SSSR count). The van der Waals surface area contributed by atoms with Crippen molar-refractivity contribution < 1.29 is 0 Å². The zero-order valence-corrected chi connectivity index (χ0v) is 5.02. The fraction of sp³-hybridized carbons (Fsp3) is 0.125. The Morgan fingerprint density at radius 1 is 1.78 bits per heavy atom. The molecule has 0 spiro atoms. The Labute approximate surface area is 54.1 Å². The van der Waals surface area contributed by atoms with E-state index in [1.54, 1.807) is 0 Å². The monoisotopic (exact) mass is 116 g/mol. The molecule has 0 N–H and O–H groups in total. The molecular formula is C8H6N. The zero-order valence-electron chi connectivity index (χ0n) is 5.02. The van der Waals surface area contributed by atoms with Gasteiger partial charge in [0.1, 0.15) is 0 Å². The third kappa shape index (κ3) is 0.653. The second-order valence-electron chi connectivity index (χ2n) is 2.12. The van der Waals surface area contributed by atoms with E-state index in [0.717, 1.165) is 17.8 Å². The van der Waals surface area contributed by atoms with Crippen LogP contribution in [0.5, 0.6) is 0 Å². The first kappa shape index (κ1) is 4.74. The molecule has 1 radical (unpaired) electrons. The van der Waals surface area contributed by atoms with Gasteiger partial charge in [0.05, 0.1) is 11.4 Å². The minimum atomic E-state index is 0.848. The minimum Gasteiger partial charge on any atom is -0.252 e. The lowest BCUT2D eigenvalue weighted by atomic mass is 10.3. The Kier molecular flexibility index (Phi) is 0.758. The lowest BCUT2D eigenvalue weighted by Gasteiger charge is -1.81. The third-order valence-corrected chi connectivity index (χ3v) is 1.35. The van der Waals surface area contributed by atoms with Crippen LogP contribution in [0.3, 0.4) is 0 Å². The minimum absolute atomic E-state index is 0.848. The first-order chi connectivity index (χ1) is 4.40. The van der Waals surface area contributed by atoms with E-state index in [-0.39, 0.29) is 0 Å². The molecular weight excluding hydrogens is 110 g/mol. The maximum Gasteiger partial charge on any atom is 0.0720 e. The van der Waals surface area contributed by atoms with Gasteiger partial charge in [-0.05, 0) is 6.07 Å². The van der Waals surface area contributed by atoms with E-state index in [9.17, 15) is 0 Å². The number of fused-ring (bicyclic) bond motifs is 1. The zero-order chi connectivity index (χ0) is 6.27. The van der Waals surface area contributed by atoms with Crippen molar-refractivity contribution in [1.82, 2.24) is 4.98 Å². The van der Waals surface area contributed by atoms with Crippen molar-refractivity contribution in [3.05, 3.63) is 30.5 Å². The normalized spacial score (nSPS) is 11.1. The van der Waals surface area contributed by atoms with Crippen LogP contribution >= 0.6 is 0 Å². The fourth-order valence-corrected chi connectivity index (χ4v) is 0.855. The van der Waals surface area contributed by atoms with Crippen molar-refractivity contribution in [3.8, 4) is 11.3 Å². The largest absolute Gasteiger partial charge is 0.252 e. The number of allylic oxidation sites excluding steroid dienone is 1. The Morgan fingerprint density at radius 3 is 3.22 bits per heavy atom. The molecule has 1 nitrogen and oxygen atoms in total. The van der Waals surface area contributed by atoms with Crippen LogP contribution in [-0.2, 0) is 6.42 Å². The van der Waals surface area contributed by atoms with E-state index in [0.29, 0.717) is 0 Å². The van der Waals surface area contributed by atoms with Gasteiger partial charge < -0.3 is 0 Å². The molecule has 1 heterocycles. The standard InChI is InChI=1S/C8H6N/c1-2-3-7-4-6-5-8(6)9-7/h2,5H,1,3H2. The van der Waals surface area contributed by atoms with Gasteiger partial charge in [0, 0.05) is 18.1 Å². The van der Waals surface area contributed by atoms with Gasteiger partial charge in [-0.15, -0.1) is 6.58 Å². The van der Waals surface area contributed by atoms with Crippen LogP contribution in [0.25, 0.3) is 11.3 Å². The van der Waals surface area contributed by atoms with E-state index in [1.807, 2.05) is 12.1 Å². The third-order valence-electron chi connectivity index (χ3n) is 1.35. The van der Waals surface area contributed by atoms with E-state index in [2.05, 4.69) is 17.6 Å². The lowest BCUT2D eigenvalue weighted by Crippen LogP contribution is -1.77. The molecule has 0 aromatic carbocycles. The number of aromatic nitrogens is 1. The molecule has 0 atom stereocenters. The summed E-state index contributed by atoms with van der Waals surface area (Å²) in [4.78, 5) is 4.21. The second-order valence-corrected chi connectivity index (χ2v) is 2.12. The second kappa shape index (κ2) is 1.44. The van der Waals surface area contributed by atoms with Crippen LogP contribution in [0.15, 0.2) is 18.7 Å². The van der Waals surface area contributed by atoms with E-state index in [4.69, 9.17) is 0 Å². The van der Waals surface area contributed by atoms with Gasteiger partial charge in [0.25, 0.3) is 0 Å². The molecule has 0 fully saturated rings. The number of hydrogen-bond donors (Lipinski definition) is 0.